The summed E-state index contributed by atoms with van der Waals surface area (Å²) in [4.78, 5) is 2.72. The fraction of sp³-hybridized carbons (Fsp3) is 1.00. The third-order valence-electron chi connectivity index (χ3n) is 4.25. The molecule has 1 aliphatic heterocycles. The van der Waals surface area contributed by atoms with Crippen LogP contribution in [0.1, 0.15) is 53.4 Å². The van der Waals surface area contributed by atoms with Crippen LogP contribution in [-0.4, -0.2) is 36.6 Å². The van der Waals surface area contributed by atoms with Crippen LogP contribution in [0.25, 0.3) is 0 Å². The molecule has 2 unspecified atom stereocenters. The van der Waals surface area contributed by atoms with E-state index in [4.69, 9.17) is 0 Å². The van der Waals surface area contributed by atoms with E-state index in [1.54, 1.807) is 0 Å². The Bertz CT molecular complexity index is 240. The third kappa shape index (κ3) is 4.26. The average Bonchev–Trinajstić information content (AvgIpc) is 3.09. The smallest absolute Gasteiger partial charge is 0.0195 e. The molecule has 1 aliphatic carbocycles. The van der Waals surface area contributed by atoms with Crippen molar-refractivity contribution < 1.29 is 0 Å². The Kier molecular flexibility index (Phi) is 4.14. The second-order valence-electron chi connectivity index (χ2n) is 7.35. The largest absolute Gasteiger partial charge is 0.312 e. The minimum Gasteiger partial charge on any atom is -0.312 e. The first-order chi connectivity index (χ1) is 7.96. The highest BCUT2D eigenvalue weighted by atomic mass is 15.2. The van der Waals surface area contributed by atoms with Crippen LogP contribution in [-0.2, 0) is 0 Å². The molecule has 1 saturated heterocycles. The van der Waals surface area contributed by atoms with E-state index in [2.05, 4.69) is 37.9 Å². The van der Waals surface area contributed by atoms with E-state index >= 15 is 0 Å². The summed E-state index contributed by atoms with van der Waals surface area (Å²) in [6, 6.07) is 1.55. The summed E-state index contributed by atoms with van der Waals surface area (Å²) in [7, 11) is 0. The Morgan fingerprint density at radius 3 is 2.53 bits per heavy atom. The van der Waals surface area contributed by atoms with Crippen molar-refractivity contribution in [2.75, 3.05) is 19.6 Å². The number of rotatable bonds is 4. The van der Waals surface area contributed by atoms with Gasteiger partial charge in [-0.25, -0.2) is 0 Å². The molecule has 2 heteroatoms. The molecule has 0 spiro atoms. The molecule has 0 amide bonds. The standard InChI is InChI=1S/C15H30N2/c1-12(13-7-8-13)17-9-5-6-14(10-17)16-11-15(2,3)4/h12-14,16H,5-11H2,1-4H3. The van der Waals surface area contributed by atoms with Crippen molar-refractivity contribution >= 4 is 0 Å². The molecule has 2 fully saturated rings. The van der Waals surface area contributed by atoms with Crippen LogP contribution in [0.2, 0.25) is 0 Å². The maximum absolute atomic E-state index is 3.76. The Hall–Kier alpha value is -0.0800. The molecule has 2 aliphatic rings. The van der Waals surface area contributed by atoms with E-state index in [-0.39, 0.29) is 0 Å². The fourth-order valence-electron chi connectivity index (χ4n) is 2.87. The highest BCUT2D eigenvalue weighted by Gasteiger charge is 2.34. The van der Waals surface area contributed by atoms with Crippen molar-refractivity contribution in [2.45, 2.75) is 65.5 Å². The van der Waals surface area contributed by atoms with Gasteiger partial charge < -0.3 is 5.32 Å². The number of nitrogens with zero attached hydrogens (tertiary/aromatic N) is 1. The number of likely N-dealkylation sites (tertiary alicyclic amines) is 1. The van der Waals surface area contributed by atoms with Gasteiger partial charge >= 0.3 is 0 Å². The maximum Gasteiger partial charge on any atom is 0.0195 e. The van der Waals surface area contributed by atoms with Crippen molar-refractivity contribution in [1.82, 2.24) is 10.2 Å². The van der Waals surface area contributed by atoms with E-state index in [9.17, 15) is 0 Å². The van der Waals surface area contributed by atoms with Gasteiger partial charge in [-0.15, -0.1) is 0 Å². The SMILES string of the molecule is CC(C1CC1)N1CCCC(NCC(C)(C)C)C1. The van der Waals surface area contributed by atoms with E-state index in [0.717, 1.165) is 24.5 Å². The van der Waals surface area contributed by atoms with Crippen LogP contribution in [0.5, 0.6) is 0 Å². The second kappa shape index (κ2) is 5.27. The van der Waals surface area contributed by atoms with Crippen LogP contribution in [0, 0.1) is 11.3 Å². The molecule has 100 valence electrons. The first kappa shape index (κ1) is 13.4. The normalized spacial score (nSPS) is 29.3. The van der Waals surface area contributed by atoms with E-state index in [0.29, 0.717) is 5.41 Å². The summed E-state index contributed by atoms with van der Waals surface area (Å²) >= 11 is 0. The van der Waals surface area contributed by atoms with Gasteiger partial charge in [-0.1, -0.05) is 20.8 Å². The monoisotopic (exact) mass is 238 g/mol. The zero-order valence-electron chi connectivity index (χ0n) is 12.1. The molecule has 2 nitrogen and oxygen atoms in total. The number of hydrogen-bond acceptors (Lipinski definition) is 2. The molecule has 1 saturated carbocycles. The average molecular weight is 238 g/mol. The van der Waals surface area contributed by atoms with Crippen molar-refractivity contribution in [3.8, 4) is 0 Å². The van der Waals surface area contributed by atoms with E-state index in [1.807, 2.05) is 0 Å². The first-order valence-electron chi connectivity index (χ1n) is 7.43. The molecule has 0 bridgehead atoms. The van der Waals surface area contributed by atoms with Crippen LogP contribution >= 0.6 is 0 Å². The van der Waals surface area contributed by atoms with Gasteiger partial charge in [-0.05, 0) is 50.5 Å². The molecule has 0 aromatic carbocycles. The van der Waals surface area contributed by atoms with Crippen LogP contribution in [0.3, 0.4) is 0 Å². The van der Waals surface area contributed by atoms with Crippen molar-refractivity contribution in [3.05, 3.63) is 0 Å². The van der Waals surface area contributed by atoms with Gasteiger partial charge in [-0.2, -0.15) is 0 Å². The van der Waals surface area contributed by atoms with Gasteiger partial charge in [0.1, 0.15) is 0 Å². The summed E-state index contributed by atoms with van der Waals surface area (Å²) in [6.45, 7) is 13.1. The van der Waals surface area contributed by atoms with Crippen LogP contribution in [0.15, 0.2) is 0 Å². The van der Waals surface area contributed by atoms with Gasteiger partial charge in [0, 0.05) is 25.2 Å². The van der Waals surface area contributed by atoms with Gasteiger partial charge in [0.05, 0.1) is 0 Å². The summed E-state index contributed by atoms with van der Waals surface area (Å²) < 4.78 is 0. The van der Waals surface area contributed by atoms with Crippen molar-refractivity contribution in [3.63, 3.8) is 0 Å². The Morgan fingerprint density at radius 2 is 1.94 bits per heavy atom. The molecule has 17 heavy (non-hydrogen) atoms. The zero-order chi connectivity index (χ0) is 12.5. The van der Waals surface area contributed by atoms with Crippen LogP contribution < -0.4 is 5.32 Å². The van der Waals surface area contributed by atoms with Crippen LogP contribution in [0.4, 0.5) is 0 Å². The van der Waals surface area contributed by atoms with Crippen molar-refractivity contribution in [2.24, 2.45) is 11.3 Å². The third-order valence-corrected chi connectivity index (χ3v) is 4.25. The lowest BCUT2D eigenvalue weighted by molar-refractivity contribution is 0.128. The Morgan fingerprint density at radius 1 is 1.24 bits per heavy atom. The Balaban J connectivity index is 1.76. The molecule has 0 radical (unpaired) electrons. The molecule has 2 rings (SSSR count). The minimum absolute atomic E-state index is 0.407. The first-order valence-corrected chi connectivity index (χ1v) is 7.43. The van der Waals surface area contributed by atoms with Gasteiger partial charge in [0.25, 0.3) is 0 Å². The van der Waals surface area contributed by atoms with Crippen molar-refractivity contribution in [1.29, 1.82) is 0 Å². The lowest BCUT2D eigenvalue weighted by Crippen LogP contribution is -2.50. The quantitative estimate of drug-likeness (QED) is 0.810. The molecule has 1 N–H and O–H groups in total. The minimum atomic E-state index is 0.407. The lowest BCUT2D eigenvalue weighted by atomic mass is 9.95. The fourth-order valence-corrected chi connectivity index (χ4v) is 2.87. The predicted octanol–water partition coefficient (Wildman–Crippen LogP) is 2.89. The van der Waals surface area contributed by atoms with Gasteiger partial charge in [0.2, 0.25) is 0 Å². The number of hydrogen-bond donors (Lipinski definition) is 1. The summed E-state index contributed by atoms with van der Waals surface area (Å²) in [5.74, 6) is 1.01. The molecule has 0 aromatic rings. The van der Waals surface area contributed by atoms with Gasteiger partial charge in [-0.3, -0.25) is 4.90 Å². The highest BCUT2D eigenvalue weighted by molar-refractivity contribution is 4.89. The van der Waals surface area contributed by atoms with Gasteiger partial charge in [0.15, 0.2) is 0 Å². The Labute approximate surface area is 107 Å². The van der Waals surface area contributed by atoms with E-state index < -0.39 is 0 Å². The summed E-state index contributed by atoms with van der Waals surface area (Å²) in [6.07, 6.45) is 5.68. The molecule has 2 atom stereocenters. The topological polar surface area (TPSA) is 15.3 Å². The molecule has 0 aromatic heterocycles. The highest BCUT2D eigenvalue weighted by Crippen LogP contribution is 2.36. The second-order valence-corrected chi connectivity index (χ2v) is 7.35. The summed E-state index contributed by atoms with van der Waals surface area (Å²) in [5, 5.41) is 3.76. The number of nitrogens with one attached hydrogen (secondary N) is 1. The molecule has 1 heterocycles. The van der Waals surface area contributed by atoms with E-state index in [1.165, 1.54) is 38.8 Å². The maximum atomic E-state index is 3.76. The number of piperidine rings is 1. The lowest BCUT2D eigenvalue weighted by Gasteiger charge is -2.38. The summed E-state index contributed by atoms with van der Waals surface area (Å²) in [5.41, 5.74) is 0.407. The molecular formula is C15H30N2. The molecular weight excluding hydrogens is 208 g/mol. The predicted molar refractivity (Wildman–Crippen MR) is 74.2 cm³/mol. The zero-order valence-corrected chi connectivity index (χ0v) is 12.1.